The molecule has 0 amide bonds. The standard InChI is InChI=1S/C13H18S/c1-3-4-13(11-5-6-11)10(2)12-7-8-14-9-12/h3,7-11,13H,1,4-6H2,2H3. The van der Waals surface area contributed by atoms with Gasteiger partial charge >= 0.3 is 0 Å². The summed E-state index contributed by atoms with van der Waals surface area (Å²) in [5.74, 6) is 2.52. The Morgan fingerprint density at radius 1 is 1.64 bits per heavy atom. The SMILES string of the molecule is C=CCC(C1CC1)C(C)c1ccsc1. The zero-order valence-corrected chi connectivity index (χ0v) is 9.59. The maximum Gasteiger partial charge on any atom is -0.00584 e. The predicted molar refractivity (Wildman–Crippen MR) is 63.8 cm³/mol. The van der Waals surface area contributed by atoms with Gasteiger partial charge < -0.3 is 0 Å². The van der Waals surface area contributed by atoms with Gasteiger partial charge in [-0.15, -0.1) is 6.58 Å². The van der Waals surface area contributed by atoms with Crippen LogP contribution in [0.1, 0.15) is 37.7 Å². The molecule has 1 aliphatic carbocycles. The molecule has 1 saturated carbocycles. The van der Waals surface area contributed by atoms with E-state index in [0.29, 0.717) is 5.92 Å². The Morgan fingerprint density at radius 2 is 2.43 bits per heavy atom. The third kappa shape index (κ3) is 2.09. The average molecular weight is 206 g/mol. The lowest BCUT2D eigenvalue weighted by Crippen LogP contribution is -2.10. The van der Waals surface area contributed by atoms with Crippen molar-refractivity contribution in [3.8, 4) is 0 Å². The first-order chi connectivity index (χ1) is 6.83. The topological polar surface area (TPSA) is 0 Å². The highest BCUT2D eigenvalue weighted by Crippen LogP contribution is 2.45. The molecule has 1 fully saturated rings. The third-order valence-electron chi connectivity index (χ3n) is 3.38. The summed E-state index contributed by atoms with van der Waals surface area (Å²) in [6.07, 6.45) is 6.15. The monoisotopic (exact) mass is 206 g/mol. The average Bonchev–Trinajstić information content (AvgIpc) is 2.88. The first-order valence-corrected chi connectivity index (χ1v) is 6.40. The number of rotatable bonds is 5. The summed E-state index contributed by atoms with van der Waals surface area (Å²) >= 11 is 1.81. The molecular formula is C13H18S. The first-order valence-electron chi connectivity index (χ1n) is 5.46. The highest BCUT2D eigenvalue weighted by atomic mass is 32.1. The van der Waals surface area contributed by atoms with Crippen LogP contribution in [0.15, 0.2) is 29.5 Å². The van der Waals surface area contributed by atoms with Gasteiger partial charge in [0, 0.05) is 0 Å². The molecule has 0 saturated heterocycles. The Bertz CT molecular complexity index is 282. The molecule has 1 aliphatic rings. The van der Waals surface area contributed by atoms with Crippen LogP contribution in [-0.4, -0.2) is 0 Å². The van der Waals surface area contributed by atoms with Crippen LogP contribution in [0.25, 0.3) is 0 Å². The van der Waals surface area contributed by atoms with Crippen LogP contribution < -0.4 is 0 Å². The van der Waals surface area contributed by atoms with Gasteiger partial charge in [-0.25, -0.2) is 0 Å². The lowest BCUT2D eigenvalue weighted by atomic mass is 9.83. The van der Waals surface area contributed by atoms with Crippen molar-refractivity contribution in [2.24, 2.45) is 11.8 Å². The van der Waals surface area contributed by atoms with E-state index in [0.717, 1.165) is 11.8 Å². The quantitative estimate of drug-likeness (QED) is 0.624. The summed E-state index contributed by atoms with van der Waals surface area (Å²) in [5, 5.41) is 4.48. The number of thiophene rings is 1. The van der Waals surface area contributed by atoms with Gasteiger partial charge in [-0.1, -0.05) is 13.0 Å². The molecule has 76 valence electrons. The van der Waals surface area contributed by atoms with Gasteiger partial charge in [-0.05, 0) is 59.4 Å². The van der Waals surface area contributed by atoms with E-state index in [1.807, 2.05) is 11.3 Å². The molecule has 2 atom stereocenters. The van der Waals surface area contributed by atoms with Gasteiger partial charge in [0.1, 0.15) is 0 Å². The lowest BCUT2D eigenvalue weighted by molar-refractivity contribution is 0.398. The van der Waals surface area contributed by atoms with Crippen molar-refractivity contribution >= 4 is 11.3 Å². The van der Waals surface area contributed by atoms with Crippen molar-refractivity contribution in [2.45, 2.75) is 32.1 Å². The molecule has 1 heterocycles. The molecule has 0 aliphatic heterocycles. The van der Waals surface area contributed by atoms with Gasteiger partial charge in [0.15, 0.2) is 0 Å². The van der Waals surface area contributed by atoms with Crippen LogP contribution in [0.3, 0.4) is 0 Å². The summed E-state index contributed by atoms with van der Waals surface area (Å²) in [6.45, 7) is 6.25. The minimum Gasteiger partial charge on any atom is -0.152 e. The fourth-order valence-corrected chi connectivity index (χ4v) is 3.07. The molecule has 0 spiro atoms. The maximum atomic E-state index is 3.88. The molecule has 0 N–H and O–H groups in total. The Labute approximate surface area is 90.7 Å². The van der Waals surface area contributed by atoms with E-state index in [9.17, 15) is 0 Å². The number of allylic oxidation sites excluding steroid dienone is 1. The molecule has 14 heavy (non-hydrogen) atoms. The normalized spacial score (nSPS) is 20.4. The summed E-state index contributed by atoms with van der Waals surface area (Å²) in [5.41, 5.74) is 1.52. The zero-order chi connectivity index (χ0) is 9.97. The van der Waals surface area contributed by atoms with Gasteiger partial charge in [0.2, 0.25) is 0 Å². The molecule has 1 heteroatoms. The Balaban J connectivity index is 2.06. The van der Waals surface area contributed by atoms with Gasteiger partial charge in [0.25, 0.3) is 0 Å². The van der Waals surface area contributed by atoms with Gasteiger partial charge in [-0.2, -0.15) is 11.3 Å². The Kier molecular flexibility index (Phi) is 3.07. The maximum absolute atomic E-state index is 3.88. The van der Waals surface area contributed by atoms with Crippen molar-refractivity contribution in [1.82, 2.24) is 0 Å². The van der Waals surface area contributed by atoms with Crippen molar-refractivity contribution in [2.75, 3.05) is 0 Å². The van der Waals surface area contributed by atoms with Crippen molar-refractivity contribution in [3.05, 3.63) is 35.0 Å². The Morgan fingerprint density at radius 3 is 2.93 bits per heavy atom. The van der Waals surface area contributed by atoms with E-state index < -0.39 is 0 Å². The summed E-state index contributed by atoms with van der Waals surface area (Å²) in [6, 6.07) is 2.27. The van der Waals surface area contributed by atoms with Crippen LogP contribution in [0.4, 0.5) is 0 Å². The number of hydrogen-bond acceptors (Lipinski definition) is 1. The highest BCUT2D eigenvalue weighted by molar-refractivity contribution is 7.07. The molecule has 1 aromatic rings. The van der Waals surface area contributed by atoms with E-state index in [1.54, 1.807) is 0 Å². The van der Waals surface area contributed by atoms with Crippen LogP contribution >= 0.6 is 11.3 Å². The molecule has 0 radical (unpaired) electrons. The third-order valence-corrected chi connectivity index (χ3v) is 4.08. The van der Waals surface area contributed by atoms with E-state index in [-0.39, 0.29) is 0 Å². The molecule has 1 aromatic heterocycles. The smallest absolute Gasteiger partial charge is 0.00584 e. The van der Waals surface area contributed by atoms with Crippen LogP contribution in [0.2, 0.25) is 0 Å². The van der Waals surface area contributed by atoms with Crippen LogP contribution in [-0.2, 0) is 0 Å². The molecule has 0 aromatic carbocycles. The second-order valence-corrected chi connectivity index (χ2v) is 5.15. The van der Waals surface area contributed by atoms with Crippen molar-refractivity contribution < 1.29 is 0 Å². The summed E-state index contributed by atoms with van der Waals surface area (Å²) < 4.78 is 0. The largest absolute Gasteiger partial charge is 0.152 e. The Hall–Kier alpha value is -0.560. The summed E-state index contributed by atoms with van der Waals surface area (Å²) in [4.78, 5) is 0. The molecule has 2 rings (SSSR count). The molecular weight excluding hydrogens is 188 g/mol. The second kappa shape index (κ2) is 4.31. The van der Waals surface area contributed by atoms with Crippen molar-refractivity contribution in [1.29, 1.82) is 0 Å². The fourth-order valence-electron chi connectivity index (χ4n) is 2.30. The van der Waals surface area contributed by atoms with E-state index in [2.05, 4.69) is 36.4 Å². The minimum atomic E-state index is 0.715. The fraction of sp³-hybridized carbons (Fsp3) is 0.538. The van der Waals surface area contributed by atoms with Gasteiger partial charge in [-0.3, -0.25) is 0 Å². The van der Waals surface area contributed by atoms with Crippen LogP contribution in [0.5, 0.6) is 0 Å². The molecule has 2 unspecified atom stereocenters. The van der Waals surface area contributed by atoms with Gasteiger partial charge in [0.05, 0.1) is 0 Å². The van der Waals surface area contributed by atoms with E-state index in [1.165, 1.54) is 24.8 Å². The van der Waals surface area contributed by atoms with E-state index >= 15 is 0 Å². The first kappa shape index (κ1) is 9.97. The van der Waals surface area contributed by atoms with Crippen LogP contribution in [0, 0.1) is 11.8 Å². The molecule has 0 bridgehead atoms. The zero-order valence-electron chi connectivity index (χ0n) is 8.78. The van der Waals surface area contributed by atoms with Crippen molar-refractivity contribution in [3.63, 3.8) is 0 Å². The number of hydrogen-bond donors (Lipinski definition) is 0. The molecule has 0 nitrogen and oxygen atoms in total. The summed E-state index contributed by atoms with van der Waals surface area (Å²) in [7, 11) is 0. The minimum absolute atomic E-state index is 0.715. The second-order valence-electron chi connectivity index (χ2n) is 4.37. The highest BCUT2D eigenvalue weighted by Gasteiger charge is 2.34. The lowest BCUT2D eigenvalue weighted by Gasteiger charge is -2.21. The predicted octanol–water partition coefficient (Wildman–Crippen LogP) is 4.45. The van der Waals surface area contributed by atoms with E-state index in [4.69, 9.17) is 0 Å².